The van der Waals surface area contributed by atoms with Crippen LogP contribution in [0.5, 0.6) is 0 Å². The summed E-state index contributed by atoms with van der Waals surface area (Å²) in [6.07, 6.45) is 8.62. The highest BCUT2D eigenvalue weighted by Crippen LogP contribution is 2.58. The first-order valence-electron chi connectivity index (χ1n) is 6.83. The molecule has 2 aliphatic carbocycles. The Kier molecular flexibility index (Phi) is 2.94. The molecule has 0 N–H and O–H groups in total. The Morgan fingerprint density at radius 3 is 1.53 bits per heavy atom. The third-order valence-corrected chi connectivity index (χ3v) is 5.62. The Labute approximate surface area is 96.5 Å². The number of rotatable bonds is 2. The van der Waals surface area contributed by atoms with Crippen LogP contribution >= 0.6 is 0 Å². The molecule has 0 saturated heterocycles. The molecular weight excluding hydrogens is 179 g/mol. The van der Waals surface area contributed by atoms with Crippen LogP contribution < -0.4 is 0 Å². The number of hydrogen-bond acceptors (Lipinski definition) is 0. The molecule has 1 heteroatoms. The Morgan fingerprint density at radius 2 is 1.27 bits per heavy atom. The van der Waals surface area contributed by atoms with Crippen LogP contribution in [-0.2, 0) is 0 Å². The van der Waals surface area contributed by atoms with Gasteiger partial charge in [0, 0.05) is 0 Å². The van der Waals surface area contributed by atoms with Gasteiger partial charge in [-0.3, -0.25) is 0 Å². The van der Waals surface area contributed by atoms with Crippen LogP contribution in [-0.4, -0.2) is 7.28 Å². The van der Waals surface area contributed by atoms with E-state index in [2.05, 4.69) is 35.0 Å². The Hall–Kier alpha value is 0.0649. The molecule has 2 fully saturated rings. The molecule has 2 aliphatic rings. The minimum absolute atomic E-state index is 0.535. The van der Waals surface area contributed by atoms with Gasteiger partial charge in [0.15, 0.2) is 0 Å². The fraction of sp³-hybridized carbons (Fsp3) is 1.00. The van der Waals surface area contributed by atoms with Crippen LogP contribution in [0.1, 0.15) is 66.2 Å². The molecule has 0 aromatic rings. The average molecular weight is 205 g/mol. The normalized spacial score (nSPS) is 50.9. The fourth-order valence-corrected chi connectivity index (χ4v) is 3.91. The van der Waals surface area contributed by atoms with Gasteiger partial charge in [0.1, 0.15) is 7.28 Å². The van der Waals surface area contributed by atoms with Crippen LogP contribution in [0.2, 0.25) is 10.6 Å². The lowest BCUT2D eigenvalue weighted by Crippen LogP contribution is -2.31. The third-order valence-electron chi connectivity index (χ3n) is 5.62. The maximum Gasteiger partial charge on any atom is 0.126 e. The van der Waals surface area contributed by atoms with Gasteiger partial charge in [-0.2, -0.15) is 0 Å². The van der Waals surface area contributed by atoms with E-state index < -0.39 is 0 Å². The summed E-state index contributed by atoms with van der Waals surface area (Å²) < 4.78 is 0. The number of hydrogen-bond donors (Lipinski definition) is 0. The summed E-state index contributed by atoms with van der Waals surface area (Å²) in [4.78, 5) is 0. The van der Waals surface area contributed by atoms with Gasteiger partial charge in [-0.25, -0.2) is 0 Å². The van der Waals surface area contributed by atoms with E-state index in [-0.39, 0.29) is 0 Å². The molecule has 0 spiro atoms. The fourth-order valence-electron chi connectivity index (χ4n) is 3.91. The molecule has 2 rings (SSSR count). The van der Waals surface area contributed by atoms with Gasteiger partial charge in [-0.1, -0.05) is 76.8 Å². The zero-order valence-corrected chi connectivity index (χ0v) is 11.0. The molecule has 0 nitrogen and oxygen atoms in total. The zero-order valence-electron chi connectivity index (χ0n) is 11.0. The lowest BCUT2D eigenvalue weighted by Gasteiger charge is -2.39. The molecule has 0 heterocycles. The van der Waals surface area contributed by atoms with Gasteiger partial charge >= 0.3 is 0 Å². The van der Waals surface area contributed by atoms with Crippen molar-refractivity contribution in [2.45, 2.75) is 76.8 Å². The summed E-state index contributed by atoms with van der Waals surface area (Å²) >= 11 is 0. The Balaban J connectivity index is 2.07. The lowest BCUT2D eigenvalue weighted by molar-refractivity contribution is 0.417. The molecule has 0 aliphatic heterocycles. The highest BCUT2D eigenvalue weighted by Gasteiger charge is 2.46. The van der Waals surface area contributed by atoms with Crippen molar-refractivity contribution in [3.63, 3.8) is 0 Å². The van der Waals surface area contributed by atoms with Crippen molar-refractivity contribution in [2.75, 3.05) is 0 Å². The van der Waals surface area contributed by atoms with E-state index in [1.165, 1.54) is 38.5 Å². The molecule has 0 amide bonds. The van der Waals surface area contributed by atoms with E-state index in [4.69, 9.17) is 0 Å². The minimum Gasteiger partial charge on any atom is -0.0666 e. The van der Waals surface area contributed by atoms with Crippen LogP contribution in [0.4, 0.5) is 0 Å². The smallest absolute Gasteiger partial charge is 0.0666 e. The standard InChI is InChI=1S/C14H26B/c1-11-7-5-9-13(11,3)15-14(4)10-6-8-12(14)2/h11-12H,5-10H2,1-4H3. The van der Waals surface area contributed by atoms with Crippen LogP contribution in [0.3, 0.4) is 0 Å². The lowest BCUT2D eigenvalue weighted by atomic mass is 9.35. The van der Waals surface area contributed by atoms with Crippen molar-refractivity contribution in [3.8, 4) is 0 Å². The van der Waals surface area contributed by atoms with Crippen LogP contribution in [0.25, 0.3) is 0 Å². The van der Waals surface area contributed by atoms with Gasteiger partial charge in [0.2, 0.25) is 0 Å². The molecule has 2 saturated carbocycles. The molecule has 15 heavy (non-hydrogen) atoms. The summed E-state index contributed by atoms with van der Waals surface area (Å²) in [6, 6.07) is 0. The van der Waals surface area contributed by atoms with Crippen LogP contribution in [0.15, 0.2) is 0 Å². The summed E-state index contributed by atoms with van der Waals surface area (Å²) in [7, 11) is 2.76. The van der Waals surface area contributed by atoms with Crippen molar-refractivity contribution in [1.29, 1.82) is 0 Å². The SMILES string of the molecule is CC1CCCC1(C)[B]C1(C)CCCC1C. The van der Waals surface area contributed by atoms with Gasteiger partial charge < -0.3 is 0 Å². The monoisotopic (exact) mass is 205 g/mol. The highest BCUT2D eigenvalue weighted by molar-refractivity contribution is 6.44. The Bertz CT molecular complexity index is 213. The molecule has 0 aromatic heterocycles. The predicted octanol–water partition coefficient (Wildman–Crippen LogP) is 4.69. The summed E-state index contributed by atoms with van der Waals surface area (Å²) in [5, 5.41) is 1.07. The van der Waals surface area contributed by atoms with Gasteiger partial charge in [0.25, 0.3) is 0 Å². The first-order valence-corrected chi connectivity index (χ1v) is 6.83. The van der Waals surface area contributed by atoms with E-state index in [1.54, 1.807) is 0 Å². The predicted molar refractivity (Wildman–Crippen MR) is 68.5 cm³/mol. The van der Waals surface area contributed by atoms with E-state index >= 15 is 0 Å². The second-order valence-corrected chi connectivity index (χ2v) is 6.74. The van der Waals surface area contributed by atoms with Gasteiger partial charge in [-0.05, 0) is 11.8 Å². The van der Waals surface area contributed by atoms with E-state index in [1.807, 2.05) is 0 Å². The zero-order chi connectivity index (χ0) is 11.1. The third kappa shape index (κ3) is 1.99. The van der Waals surface area contributed by atoms with Crippen molar-refractivity contribution in [2.24, 2.45) is 11.8 Å². The second kappa shape index (κ2) is 3.82. The van der Waals surface area contributed by atoms with Crippen molar-refractivity contribution < 1.29 is 0 Å². The molecular formula is C14H26B. The summed E-state index contributed by atoms with van der Waals surface area (Å²) in [5.74, 6) is 1.81. The topological polar surface area (TPSA) is 0 Å². The van der Waals surface area contributed by atoms with Crippen molar-refractivity contribution in [3.05, 3.63) is 0 Å². The first kappa shape index (κ1) is 11.5. The van der Waals surface area contributed by atoms with Crippen molar-refractivity contribution in [1.82, 2.24) is 0 Å². The molecule has 1 radical (unpaired) electrons. The molecule has 0 bridgehead atoms. The maximum atomic E-state index is 2.76. The highest BCUT2D eigenvalue weighted by atomic mass is 14.4. The second-order valence-electron chi connectivity index (χ2n) is 6.74. The largest absolute Gasteiger partial charge is 0.126 e. The average Bonchev–Trinajstić information content (AvgIpc) is 2.61. The molecule has 85 valence electrons. The van der Waals surface area contributed by atoms with Gasteiger partial charge in [0.05, 0.1) is 0 Å². The van der Waals surface area contributed by atoms with E-state index in [0.717, 1.165) is 11.8 Å². The quantitative estimate of drug-likeness (QED) is 0.574. The summed E-state index contributed by atoms with van der Waals surface area (Å²) in [5.41, 5.74) is 0. The maximum absolute atomic E-state index is 2.76. The molecule has 4 atom stereocenters. The van der Waals surface area contributed by atoms with Crippen LogP contribution in [0, 0.1) is 11.8 Å². The van der Waals surface area contributed by atoms with Gasteiger partial charge in [-0.15, -0.1) is 0 Å². The summed E-state index contributed by atoms with van der Waals surface area (Å²) in [6.45, 7) is 9.90. The van der Waals surface area contributed by atoms with E-state index in [9.17, 15) is 0 Å². The molecule has 4 unspecified atom stereocenters. The Morgan fingerprint density at radius 1 is 0.867 bits per heavy atom. The molecule has 0 aromatic carbocycles. The first-order chi connectivity index (χ1) is 6.96. The minimum atomic E-state index is 0.535. The van der Waals surface area contributed by atoms with Crippen molar-refractivity contribution >= 4 is 7.28 Å². The van der Waals surface area contributed by atoms with E-state index in [0.29, 0.717) is 10.6 Å².